The van der Waals surface area contributed by atoms with Crippen molar-refractivity contribution in [1.29, 1.82) is 0 Å². The van der Waals surface area contributed by atoms with Gasteiger partial charge >= 0.3 is 0 Å². The number of carbonyl (C=O) groups is 1. The van der Waals surface area contributed by atoms with Gasteiger partial charge in [-0.15, -0.1) is 0 Å². The molecule has 4 nitrogen and oxygen atoms in total. The van der Waals surface area contributed by atoms with Gasteiger partial charge in [-0.25, -0.2) is 4.39 Å². The fourth-order valence-corrected chi connectivity index (χ4v) is 1.91. The molecule has 1 aromatic rings. The molecular formula is C12H15FN2O2. The van der Waals surface area contributed by atoms with Crippen LogP contribution in [0.25, 0.3) is 0 Å². The largest absolute Gasteiger partial charge is 0.399 e. The molecule has 3 N–H and O–H groups in total. The van der Waals surface area contributed by atoms with E-state index in [0.29, 0.717) is 18.7 Å². The summed E-state index contributed by atoms with van der Waals surface area (Å²) in [6.45, 7) is 2.31. The molecule has 1 atom stereocenters. The minimum absolute atomic E-state index is 0.264. The highest BCUT2D eigenvalue weighted by Gasteiger charge is 2.37. The molecule has 1 unspecified atom stereocenters. The minimum Gasteiger partial charge on any atom is -0.399 e. The van der Waals surface area contributed by atoms with E-state index in [2.05, 4.69) is 5.32 Å². The number of rotatable bonds is 2. The van der Waals surface area contributed by atoms with Crippen molar-refractivity contribution in [2.75, 3.05) is 17.7 Å². The number of amides is 1. The third-order valence-corrected chi connectivity index (χ3v) is 2.88. The fraction of sp³-hybridized carbons (Fsp3) is 0.417. The van der Waals surface area contributed by atoms with Gasteiger partial charge < -0.3 is 15.8 Å². The molecule has 1 fully saturated rings. The lowest BCUT2D eigenvalue weighted by molar-refractivity contribution is -0.133. The average Bonchev–Trinajstić information content (AvgIpc) is 2.64. The average molecular weight is 238 g/mol. The van der Waals surface area contributed by atoms with Crippen LogP contribution in [-0.4, -0.2) is 18.1 Å². The van der Waals surface area contributed by atoms with E-state index in [9.17, 15) is 9.18 Å². The van der Waals surface area contributed by atoms with Crippen LogP contribution in [0, 0.1) is 5.82 Å². The molecule has 5 heteroatoms. The highest BCUT2D eigenvalue weighted by molar-refractivity contribution is 5.97. The molecule has 1 aliphatic rings. The van der Waals surface area contributed by atoms with E-state index in [-0.39, 0.29) is 11.6 Å². The number of benzene rings is 1. The molecule has 1 heterocycles. The van der Waals surface area contributed by atoms with Crippen LogP contribution in [0.1, 0.15) is 19.8 Å². The third kappa shape index (κ3) is 2.55. The zero-order valence-corrected chi connectivity index (χ0v) is 9.63. The topological polar surface area (TPSA) is 64.4 Å². The number of nitrogens with one attached hydrogen (secondary N) is 1. The summed E-state index contributed by atoms with van der Waals surface area (Å²) in [5.74, 6) is -0.738. The number of nitrogens with two attached hydrogens (primary N) is 1. The van der Waals surface area contributed by atoms with E-state index in [4.69, 9.17) is 10.5 Å². The van der Waals surface area contributed by atoms with Crippen molar-refractivity contribution >= 4 is 17.3 Å². The van der Waals surface area contributed by atoms with E-state index in [1.807, 2.05) is 0 Å². The van der Waals surface area contributed by atoms with Gasteiger partial charge in [0, 0.05) is 18.0 Å². The summed E-state index contributed by atoms with van der Waals surface area (Å²) in [4.78, 5) is 12.0. The first-order valence-corrected chi connectivity index (χ1v) is 5.51. The number of anilines is 2. The first kappa shape index (κ1) is 11.9. The van der Waals surface area contributed by atoms with E-state index in [1.165, 1.54) is 18.2 Å². The lowest BCUT2D eigenvalue weighted by Crippen LogP contribution is -2.39. The smallest absolute Gasteiger partial charge is 0.256 e. The molecule has 2 rings (SSSR count). The number of hydrogen-bond acceptors (Lipinski definition) is 3. The predicted molar refractivity (Wildman–Crippen MR) is 63.0 cm³/mol. The van der Waals surface area contributed by atoms with Gasteiger partial charge in [0.2, 0.25) is 0 Å². The zero-order chi connectivity index (χ0) is 12.5. The van der Waals surface area contributed by atoms with Crippen LogP contribution >= 0.6 is 0 Å². The highest BCUT2D eigenvalue weighted by atomic mass is 19.1. The normalized spacial score (nSPS) is 23.6. The Bertz CT molecular complexity index is 422. The van der Waals surface area contributed by atoms with E-state index in [1.54, 1.807) is 6.92 Å². The molecule has 17 heavy (non-hydrogen) atoms. The van der Waals surface area contributed by atoms with Gasteiger partial charge in [-0.05, 0) is 38.0 Å². The Morgan fingerprint density at radius 2 is 2.29 bits per heavy atom. The molecule has 0 aromatic heterocycles. The molecule has 0 bridgehead atoms. The Balaban J connectivity index is 2.12. The molecule has 0 radical (unpaired) electrons. The summed E-state index contributed by atoms with van der Waals surface area (Å²) < 4.78 is 18.5. The molecule has 0 saturated carbocycles. The SMILES string of the molecule is CC1(C(=O)Nc2cc(N)cc(F)c2)CCCO1. The second-order valence-corrected chi connectivity index (χ2v) is 4.41. The van der Waals surface area contributed by atoms with Crippen molar-refractivity contribution in [3.8, 4) is 0 Å². The number of nitrogen functional groups attached to an aromatic ring is 1. The van der Waals surface area contributed by atoms with Gasteiger partial charge in [-0.1, -0.05) is 0 Å². The van der Waals surface area contributed by atoms with Gasteiger partial charge in [-0.3, -0.25) is 4.79 Å². The maximum absolute atomic E-state index is 13.1. The zero-order valence-electron chi connectivity index (χ0n) is 9.63. The van der Waals surface area contributed by atoms with Crippen LogP contribution in [0.4, 0.5) is 15.8 Å². The van der Waals surface area contributed by atoms with Crippen molar-refractivity contribution in [3.63, 3.8) is 0 Å². The highest BCUT2D eigenvalue weighted by Crippen LogP contribution is 2.27. The third-order valence-electron chi connectivity index (χ3n) is 2.88. The first-order valence-electron chi connectivity index (χ1n) is 5.51. The molecule has 1 aromatic carbocycles. The lowest BCUT2D eigenvalue weighted by Gasteiger charge is -2.22. The van der Waals surface area contributed by atoms with Crippen LogP contribution in [0.2, 0.25) is 0 Å². The van der Waals surface area contributed by atoms with Crippen LogP contribution in [-0.2, 0) is 9.53 Å². The summed E-state index contributed by atoms with van der Waals surface area (Å²) in [7, 11) is 0. The summed E-state index contributed by atoms with van der Waals surface area (Å²) in [5.41, 5.74) is 5.31. The van der Waals surface area contributed by atoms with Gasteiger partial charge in [0.25, 0.3) is 5.91 Å². The molecule has 1 amide bonds. The second kappa shape index (κ2) is 4.33. The van der Waals surface area contributed by atoms with Crippen LogP contribution in [0.15, 0.2) is 18.2 Å². The summed E-state index contributed by atoms with van der Waals surface area (Å²) in [5, 5.41) is 2.62. The Labute approximate surface area is 98.9 Å². The van der Waals surface area contributed by atoms with Crippen molar-refractivity contribution in [1.82, 2.24) is 0 Å². The maximum atomic E-state index is 13.1. The maximum Gasteiger partial charge on any atom is 0.256 e. The van der Waals surface area contributed by atoms with Crippen molar-refractivity contribution < 1.29 is 13.9 Å². The number of hydrogen-bond donors (Lipinski definition) is 2. The van der Waals surface area contributed by atoms with Gasteiger partial charge in [0.1, 0.15) is 11.4 Å². The molecule has 1 aliphatic heterocycles. The number of halogens is 1. The quantitative estimate of drug-likeness (QED) is 0.773. The van der Waals surface area contributed by atoms with Crippen LogP contribution in [0.3, 0.4) is 0 Å². The fourth-order valence-electron chi connectivity index (χ4n) is 1.91. The van der Waals surface area contributed by atoms with E-state index < -0.39 is 11.4 Å². The number of ether oxygens (including phenoxy) is 1. The van der Waals surface area contributed by atoms with Crippen LogP contribution in [0.5, 0.6) is 0 Å². The summed E-state index contributed by atoms with van der Waals surface area (Å²) in [6, 6.07) is 3.94. The Morgan fingerprint density at radius 3 is 2.88 bits per heavy atom. The minimum atomic E-state index is -0.818. The van der Waals surface area contributed by atoms with E-state index >= 15 is 0 Å². The van der Waals surface area contributed by atoms with Crippen molar-refractivity contribution in [2.45, 2.75) is 25.4 Å². The van der Waals surface area contributed by atoms with Crippen molar-refractivity contribution in [2.24, 2.45) is 0 Å². The Morgan fingerprint density at radius 1 is 1.53 bits per heavy atom. The molecular weight excluding hydrogens is 223 g/mol. The Kier molecular flexibility index (Phi) is 3.02. The van der Waals surface area contributed by atoms with Gasteiger partial charge in [0.05, 0.1) is 0 Å². The van der Waals surface area contributed by atoms with Crippen LogP contribution < -0.4 is 11.1 Å². The lowest BCUT2D eigenvalue weighted by atomic mass is 10.0. The second-order valence-electron chi connectivity index (χ2n) is 4.41. The monoisotopic (exact) mass is 238 g/mol. The van der Waals surface area contributed by atoms with Gasteiger partial charge in [0.15, 0.2) is 0 Å². The first-order chi connectivity index (χ1) is 7.99. The molecule has 1 saturated heterocycles. The predicted octanol–water partition coefficient (Wildman–Crippen LogP) is 1.92. The Hall–Kier alpha value is -1.62. The van der Waals surface area contributed by atoms with Gasteiger partial charge in [-0.2, -0.15) is 0 Å². The summed E-state index contributed by atoms with van der Waals surface area (Å²) >= 11 is 0. The number of carbonyl (C=O) groups excluding carboxylic acids is 1. The molecule has 0 aliphatic carbocycles. The van der Waals surface area contributed by atoms with Crippen molar-refractivity contribution in [3.05, 3.63) is 24.0 Å². The van der Waals surface area contributed by atoms with E-state index in [0.717, 1.165) is 6.42 Å². The standard InChI is InChI=1S/C12H15FN2O2/c1-12(3-2-4-17-12)11(16)15-10-6-8(13)5-9(14)7-10/h5-7H,2-4,14H2,1H3,(H,15,16). The molecule has 0 spiro atoms. The summed E-state index contributed by atoms with van der Waals surface area (Å²) in [6.07, 6.45) is 1.53. The molecule has 92 valence electrons.